The van der Waals surface area contributed by atoms with Crippen LogP contribution in [0.2, 0.25) is 0 Å². The van der Waals surface area contributed by atoms with Gasteiger partial charge in [0.25, 0.3) is 5.91 Å². The van der Waals surface area contributed by atoms with Crippen LogP contribution in [0, 0.1) is 6.92 Å². The van der Waals surface area contributed by atoms with Crippen molar-refractivity contribution in [3.8, 4) is 0 Å². The summed E-state index contributed by atoms with van der Waals surface area (Å²) in [5.41, 5.74) is 1.46. The number of rotatable bonds is 4. The molecule has 3 aromatic rings. The van der Waals surface area contributed by atoms with E-state index in [1.54, 1.807) is 31.5 Å². The molecule has 0 aliphatic heterocycles. The van der Waals surface area contributed by atoms with Crippen LogP contribution in [0.1, 0.15) is 35.9 Å². The Morgan fingerprint density at radius 1 is 1.33 bits per heavy atom. The van der Waals surface area contributed by atoms with Gasteiger partial charge in [0.05, 0.1) is 22.8 Å². The molecular weight excluding hydrogens is 306 g/mol. The Labute approximate surface area is 138 Å². The van der Waals surface area contributed by atoms with Gasteiger partial charge in [-0.3, -0.25) is 9.78 Å². The van der Waals surface area contributed by atoms with Crippen molar-refractivity contribution in [3.63, 3.8) is 0 Å². The number of aryl methyl sites for hydroxylation is 1. The molecule has 3 heterocycles. The van der Waals surface area contributed by atoms with E-state index in [-0.39, 0.29) is 11.4 Å². The van der Waals surface area contributed by atoms with Gasteiger partial charge >= 0.3 is 0 Å². The minimum Gasteiger partial charge on any atom is -0.445 e. The van der Waals surface area contributed by atoms with E-state index in [9.17, 15) is 4.79 Å². The molecule has 0 spiro atoms. The molecule has 122 valence electrons. The fourth-order valence-electron chi connectivity index (χ4n) is 2.54. The zero-order chi connectivity index (χ0) is 16.7. The van der Waals surface area contributed by atoms with E-state index < -0.39 is 0 Å². The summed E-state index contributed by atoms with van der Waals surface area (Å²) in [6.07, 6.45) is 6.81. The Morgan fingerprint density at radius 2 is 2.17 bits per heavy atom. The second kappa shape index (κ2) is 5.30. The predicted octanol–water partition coefficient (Wildman–Crippen LogP) is 3.14. The molecule has 4 rings (SSSR count). The van der Waals surface area contributed by atoms with Gasteiger partial charge in [0.2, 0.25) is 5.71 Å². The van der Waals surface area contributed by atoms with Crippen LogP contribution in [0.25, 0.3) is 11.1 Å². The monoisotopic (exact) mass is 323 g/mol. The van der Waals surface area contributed by atoms with Crippen LogP contribution in [0.15, 0.2) is 35.2 Å². The Morgan fingerprint density at radius 3 is 2.88 bits per heavy atom. The minimum absolute atomic E-state index is 0.0299. The molecule has 1 fully saturated rings. The fourth-order valence-corrected chi connectivity index (χ4v) is 2.54. The maximum atomic E-state index is 12.6. The summed E-state index contributed by atoms with van der Waals surface area (Å²) >= 11 is 0. The van der Waals surface area contributed by atoms with E-state index in [0.717, 1.165) is 12.8 Å². The number of carbonyl (C=O) groups is 1. The molecule has 7 nitrogen and oxygen atoms in total. The van der Waals surface area contributed by atoms with Crippen LogP contribution in [-0.2, 0) is 0 Å². The van der Waals surface area contributed by atoms with Gasteiger partial charge in [-0.2, -0.15) is 4.98 Å². The highest BCUT2D eigenvalue weighted by molar-refractivity contribution is 6.14. The van der Waals surface area contributed by atoms with Gasteiger partial charge in [-0.05, 0) is 38.8 Å². The first-order valence-corrected chi connectivity index (χ1v) is 7.79. The Kier molecular flexibility index (Phi) is 3.23. The van der Waals surface area contributed by atoms with Crippen LogP contribution in [0.4, 0.5) is 11.5 Å². The van der Waals surface area contributed by atoms with Crippen LogP contribution in [-0.4, -0.2) is 26.4 Å². The van der Waals surface area contributed by atoms with E-state index in [1.165, 1.54) is 6.26 Å². The Hall–Kier alpha value is -2.96. The van der Waals surface area contributed by atoms with Crippen molar-refractivity contribution in [1.29, 1.82) is 0 Å². The molecular formula is C17H17N5O2. The average molecular weight is 323 g/mol. The van der Waals surface area contributed by atoms with E-state index in [0.29, 0.717) is 34.0 Å². The number of fused-ring (bicyclic) bond motifs is 1. The lowest BCUT2D eigenvalue weighted by molar-refractivity contribution is 0.102. The second-order valence-corrected chi connectivity index (χ2v) is 6.33. The molecule has 1 aliphatic rings. The minimum atomic E-state index is -0.279. The number of nitrogens with zero attached hydrogens (tertiary/aromatic N) is 3. The SMILES string of the molecule is Cc1nc(NC2(C)CC2)c2c(C(=O)Nc3cccnc3)coc2n1. The maximum Gasteiger partial charge on any atom is 0.259 e. The van der Waals surface area contributed by atoms with E-state index >= 15 is 0 Å². The molecule has 0 bridgehead atoms. The van der Waals surface area contributed by atoms with Crippen LogP contribution in [0.5, 0.6) is 0 Å². The molecule has 7 heteroatoms. The zero-order valence-corrected chi connectivity index (χ0v) is 13.5. The number of anilines is 2. The van der Waals surface area contributed by atoms with Crippen molar-refractivity contribution in [2.45, 2.75) is 32.2 Å². The van der Waals surface area contributed by atoms with Gasteiger partial charge in [-0.15, -0.1) is 0 Å². The summed E-state index contributed by atoms with van der Waals surface area (Å²) in [5.74, 6) is 0.962. The first kappa shape index (κ1) is 14.6. The van der Waals surface area contributed by atoms with Gasteiger partial charge < -0.3 is 15.1 Å². The normalized spacial score (nSPS) is 15.2. The molecule has 0 aromatic carbocycles. The van der Waals surface area contributed by atoms with Gasteiger partial charge in [0, 0.05) is 11.7 Å². The number of hydrogen-bond acceptors (Lipinski definition) is 6. The number of amides is 1. The lowest BCUT2D eigenvalue weighted by atomic mass is 10.2. The average Bonchev–Trinajstić information content (AvgIpc) is 3.11. The first-order valence-electron chi connectivity index (χ1n) is 7.79. The molecule has 1 amide bonds. The number of hydrogen-bond donors (Lipinski definition) is 2. The standard InChI is InChI=1S/C17H17N5O2/c1-10-19-14(22-17(2)5-6-17)13-12(9-24-16(13)20-10)15(23)21-11-4-3-7-18-8-11/h3-4,7-9H,5-6H2,1-2H3,(H,21,23)(H,19,20,22). The Bertz CT molecular complexity index is 915. The largest absolute Gasteiger partial charge is 0.445 e. The van der Waals surface area contributed by atoms with Crippen molar-refractivity contribution in [2.75, 3.05) is 10.6 Å². The third-order valence-corrected chi connectivity index (χ3v) is 4.13. The quantitative estimate of drug-likeness (QED) is 0.766. The van der Waals surface area contributed by atoms with Crippen LogP contribution >= 0.6 is 0 Å². The van der Waals surface area contributed by atoms with E-state index in [1.807, 2.05) is 0 Å². The predicted molar refractivity (Wildman–Crippen MR) is 90.0 cm³/mol. The van der Waals surface area contributed by atoms with Gasteiger partial charge in [-0.25, -0.2) is 4.98 Å². The summed E-state index contributed by atoms with van der Waals surface area (Å²) in [5, 5.41) is 6.84. The molecule has 1 saturated carbocycles. The number of carbonyl (C=O) groups excluding carboxylic acids is 1. The second-order valence-electron chi connectivity index (χ2n) is 6.33. The van der Waals surface area contributed by atoms with Crippen molar-refractivity contribution in [2.24, 2.45) is 0 Å². The highest BCUT2D eigenvalue weighted by Crippen LogP contribution is 2.40. The fraction of sp³-hybridized carbons (Fsp3) is 0.294. The molecule has 0 saturated heterocycles. The summed E-state index contributed by atoms with van der Waals surface area (Å²) in [6, 6.07) is 3.54. The van der Waals surface area contributed by atoms with Crippen LogP contribution < -0.4 is 10.6 Å². The van der Waals surface area contributed by atoms with Crippen molar-refractivity contribution in [3.05, 3.63) is 42.2 Å². The van der Waals surface area contributed by atoms with Crippen LogP contribution in [0.3, 0.4) is 0 Å². The molecule has 1 aliphatic carbocycles. The smallest absolute Gasteiger partial charge is 0.259 e. The molecule has 3 aromatic heterocycles. The number of furan rings is 1. The number of nitrogens with one attached hydrogen (secondary N) is 2. The van der Waals surface area contributed by atoms with Gasteiger partial charge in [0.15, 0.2) is 0 Å². The summed E-state index contributed by atoms with van der Waals surface area (Å²) in [6.45, 7) is 3.93. The highest BCUT2D eigenvalue weighted by atomic mass is 16.3. The van der Waals surface area contributed by atoms with Gasteiger partial charge in [0.1, 0.15) is 17.9 Å². The van der Waals surface area contributed by atoms with Crippen molar-refractivity contribution >= 4 is 28.5 Å². The molecule has 24 heavy (non-hydrogen) atoms. The lowest BCUT2D eigenvalue weighted by Gasteiger charge is -2.13. The number of aromatic nitrogens is 3. The topological polar surface area (TPSA) is 92.9 Å². The van der Waals surface area contributed by atoms with Crippen molar-refractivity contribution in [1.82, 2.24) is 15.0 Å². The molecule has 0 atom stereocenters. The Balaban J connectivity index is 1.74. The summed E-state index contributed by atoms with van der Waals surface area (Å²) < 4.78 is 5.50. The third kappa shape index (κ3) is 2.68. The molecule has 2 N–H and O–H groups in total. The maximum absolute atomic E-state index is 12.6. The highest BCUT2D eigenvalue weighted by Gasteiger charge is 2.38. The zero-order valence-electron chi connectivity index (χ0n) is 13.5. The lowest BCUT2D eigenvalue weighted by Crippen LogP contribution is -2.19. The summed E-state index contributed by atoms with van der Waals surface area (Å²) in [4.78, 5) is 25.4. The first-order chi connectivity index (χ1) is 11.5. The van der Waals surface area contributed by atoms with Gasteiger partial charge in [-0.1, -0.05) is 0 Å². The molecule has 0 unspecified atom stereocenters. The summed E-state index contributed by atoms with van der Waals surface area (Å²) in [7, 11) is 0. The number of pyridine rings is 1. The van der Waals surface area contributed by atoms with E-state index in [4.69, 9.17) is 4.42 Å². The third-order valence-electron chi connectivity index (χ3n) is 4.13. The van der Waals surface area contributed by atoms with Crippen molar-refractivity contribution < 1.29 is 9.21 Å². The molecule has 0 radical (unpaired) electrons. The van der Waals surface area contributed by atoms with E-state index in [2.05, 4.69) is 32.5 Å².